The maximum absolute atomic E-state index is 11.7. The molecule has 0 atom stereocenters. The summed E-state index contributed by atoms with van der Waals surface area (Å²) in [5.41, 5.74) is -0.205. The second-order valence-corrected chi connectivity index (χ2v) is 6.44. The van der Waals surface area contributed by atoms with E-state index >= 15 is 0 Å². The van der Waals surface area contributed by atoms with Crippen molar-refractivity contribution >= 4 is 11.9 Å². The van der Waals surface area contributed by atoms with E-state index in [4.69, 9.17) is 5.11 Å². The normalized spacial score (nSPS) is 18.3. The standard InChI is InChI=1S/C13H23NO3/c1-12(2,3)7-10(15)14-9-13(5-4-6-13)8-11(16)17/h4-9H2,1-3H3,(H,14,15)(H,16,17). The van der Waals surface area contributed by atoms with Crippen LogP contribution in [-0.4, -0.2) is 23.5 Å². The Morgan fingerprint density at radius 3 is 2.24 bits per heavy atom. The highest BCUT2D eigenvalue weighted by Crippen LogP contribution is 2.43. The lowest BCUT2D eigenvalue weighted by Crippen LogP contribution is -2.44. The molecule has 0 saturated heterocycles. The first-order valence-corrected chi connectivity index (χ1v) is 6.21. The van der Waals surface area contributed by atoms with Crippen molar-refractivity contribution in [2.45, 2.75) is 52.9 Å². The van der Waals surface area contributed by atoms with Gasteiger partial charge in [-0.25, -0.2) is 0 Å². The van der Waals surface area contributed by atoms with E-state index in [2.05, 4.69) is 5.32 Å². The highest BCUT2D eigenvalue weighted by molar-refractivity contribution is 5.76. The molecule has 1 aliphatic carbocycles. The van der Waals surface area contributed by atoms with E-state index in [0.29, 0.717) is 13.0 Å². The summed E-state index contributed by atoms with van der Waals surface area (Å²) in [5, 5.41) is 11.7. The van der Waals surface area contributed by atoms with Crippen LogP contribution in [0.1, 0.15) is 52.9 Å². The smallest absolute Gasteiger partial charge is 0.303 e. The van der Waals surface area contributed by atoms with E-state index in [1.165, 1.54) is 0 Å². The van der Waals surface area contributed by atoms with Gasteiger partial charge in [-0.15, -0.1) is 0 Å². The lowest BCUT2D eigenvalue weighted by molar-refractivity contribution is -0.142. The fourth-order valence-electron chi connectivity index (χ4n) is 2.24. The van der Waals surface area contributed by atoms with E-state index in [1.54, 1.807) is 0 Å². The van der Waals surface area contributed by atoms with Crippen LogP contribution in [0.15, 0.2) is 0 Å². The molecule has 17 heavy (non-hydrogen) atoms. The van der Waals surface area contributed by atoms with E-state index in [1.807, 2.05) is 20.8 Å². The average Bonchev–Trinajstić information content (AvgIpc) is 2.05. The molecule has 0 unspecified atom stereocenters. The summed E-state index contributed by atoms with van der Waals surface area (Å²) in [6.45, 7) is 6.56. The Bertz CT molecular complexity index is 300. The number of nitrogens with one attached hydrogen (secondary N) is 1. The van der Waals surface area contributed by atoms with Crippen molar-refractivity contribution in [3.05, 3.63) is 0 Å². The first-order chi connectivity index (χ1) is 7.72. The molecule has 0 radical (unpaired) electrons. The molecule has 1 fully saturated rings. The predicted octanol–water partition coefficient (Wildman–Crippen LogP) is 2.18. The topological polar surface area (TPSA) is 66.4 Å². The number of carboxylic acids is 1. The lowest BCUT2D eigenvalue weighted by atomic mass is 9.66. The minimum atomic E-state index is -0.769. The molecule has 1 aliphatic rings. The third-order valence-electron chi connectivity index (χ3n) is 3.29. The largest absolute Gasteiger partial charge is 0.481 e. The van der Waals surface area contributed by atoms with Gasteiger partial charge in [-0.1, -0.05) is 27.2 Å². The Balaban J connectivity index is 2.38. The van der Waals surface area contributed by atoms with Crippen LogP contribution >= 0.6 is 0 Å². The van der Waals surface area contributed by atoms with Gasteiger partial charge in [-0.05, 0) is 23.7 Å². The van der Waals surface area contributed by atoms with Crippen molar-refractivity contribution in [3.8, 4) is 0 Å². The van der Waals surface area contributed by atoms with Crippen molar-refractivity contribution in [2.24, 2.45) is 10.8 Å². The highest BCUT2D eigenvalue weighted by atomic mass is 16.4. The highest BCUT2D eigenvalue weighted by Gasteiger charge is 2.39. The van der Waals surface area contributed by atoms with Crippen molar-refractivity contribution in [1.29, 1.82) is 0 Å². The Hall–Kier alpha value is -1.06. The molecule has 98 valence electrons. The van der Waals surface area contributed by atoms with E-state index in [0.717, 1.165) is 19.3 Å². The Labute approximate surface area is 103 Å². The summed E-state index contributed by atoms with van der Waals surface area (Å²) >= 11 is 0. The molecule has 0 aliphatic heterocycles. The maximum Gasteiger partial charge on any atom is 0.303 e. The summed E-state index contributed by atoms with van der Waals surface area (Å²) < 4.78 is 0. The second-order valence-electron chi connectivity index (χ2n) is 6.44. The van der Waals surface area contributed by atoms with Gasteiger partial charge in [0.15, 0.2) is 0 Å². The SMILES string of the molecule is CC(C)(C)CC(=O)NCC1(CC(=O)O)CCC1. The van der Waals surface area contributed by atoms with Gasteiger partial charge in [0, 0.05) is 13.0 Å². The minimum Gasteiger partial charge on any atom is -0.481 e. The van der Waals surface area contributed by atoms with Gasteiger partial charge in [-0.2, -0.15) is 0 Å². The molecule has 0 spiro atoms. The number of rotatable bonds is 5. The van der Waals surface area contributed by atoms with Gasteiger partial charge >= 0.3 is 5.97 Å². The molecule has 1 amide bonds. The zero-order chi connectivity index (χ0) is 13.1. The van der Waals surface area contributed by atoms with E-state index in [-0.39, 0.29) is 23.2 Å². The van der Waals surface area contributed by atoms with Gasteiger partial charge in [0.25, 0.3) is 0 Å². The molecule has 1 rings (SSSR count). The number of hydrogen-bond acceptors (Lipinski definition) is 2. The Kier molecular flexibility index (Phi) is 4.17. The molecular weight excluding hydrogens is 218 g/mol. The van der Waals surface area contributed by atoms with Gasteiger partial charge in [0.1, 0.15) is 0 Å². The van der Waals surface area contributed by atoms with Gasteiger partial charge < -0.3 is 10.4 Å². The molecule has 0 bridgehead atoms. The molecular formula is C13H23NO3. The third-order valence-corrected chi connectivity index (χ3v) is 3.29. The molecule has 4 nitrogen and oxygen atoms in total. The number of carbonyl (C=O) groups excluding carboxylic acids is 1. The second kappa shape index (κ2) is 5.07. The number of hydrogen-bond donors (Lipinski definition) is 2. The minimum absolute atomic E-state index is 0.0224. The van der Waals surface area contributed by atoms with Gasteiger partial charge in [0.05, 0.1) is 6.42 Å². The van der Waals surface area contributed by atoms with Crippen LogP contribution in [0.25, 0.3) is 0 Å². The predicted molar refractivity (Wildman–Crippen MR) is 65.6 cm³/mol. The lowest BCUT2D eigenvalue weighted by Gasteiger charge is -2.41. The summed E-state index contributed by atoms with van der Waals surface area (Å²) in [5.74, 6) is -0.746. The fourth-order valence-corrected chi connectivity index (χ4v) is 2.24. The van der Waals surface area contributed by atoms with Crippen molar-refractivity contribution in [1.82, 2.24) is 5.32 Å². The summed E-state index contributed by atoms with van der Waals surface area (Å²) in [4.78, 5) is 22.4. The first-order valence-electron chi connectivity index (χ1n) is 6.21. The zero-order valence-corrected chi connectivity index (χ0v) is 11.0. The fraction of sp³-hybridized carbons (Fsp3) is 0.846. The number of amides is 1. The van der Waals surface area contributed by atoms with Crippen LogP contribution in [0, 0.1) is 10.8 Å². The van der Waals surface area contributed by atoms with Crippen molar-refractivity contribution < 1.29 is 14.7 Å². The van der Waals surface area contributed by atoms with E-state index < -0.39 is 5.97 Å². The summed E-state index contributed by atoms with van der Waals surface area (Å²) in [7, 11) is 0. The quantitative estimate of drug-likeness (QED) is 0.775. The molecule has 0 aromatic carbocycles. The molecule has 0 aromatic rings. The molecule has 2 N–H and O–H groups in total. The molecule has 4 heteroatoms. The molecule has 0 aromatic heterocycles. The number of aliphatic carboxylic acids is 1. The average molecular weight is 241 g/mol. The van der Waals surface area contributed by atoms with Gasteiger partial charge in [-0.3, -0.25) is 9.59 Å². The van der Waals surface area contributed by atoms with Crippen LogP contribution in [0.5, 0.6) is 0 Å². The summed E-state index contributed by atoms with van der Waals surface area (Å²) in [6.07, 6.45) is 3.55. The Morgan fingerprint density at radius 2 is 1.88 bits per heavy atom. The van der Waals surface area contributed by atoms with Crippen LogP contribution < -0.4 is 5.32 Å². The van der Waals surface area contributed by atoms with Crippen molar-refractivity contribution in [3.63, 3.8) is 0 Å². The monoisotopic (exact) mass is 241 g/mol. The number of carboxylic acid groups (broad SMARTS) is 1. The van der Waals surface area contributed by atoms with Crippen LogP contribution in [0.3, 0.4) is 0 Å². The summed E-state index contributed by atoms with van der Waals surface area (Å²) in [6, 6.07) is 0. The van der Waals surface area contributed by atoms with Crippen LogP contribution in [0.2, 0.25) is 0 Å². The zero-order valence-electron chi connectivity index (χ0n) is 11.0. The molecule has 1 saturated carbocycles. The van der Waals surface area contributed by atoms with Crippen LogP contribution in [-0.2, 0) is 9.59 Å². The van der Waals surface area contributed by atoms with Crippen molar-refractivity contribution in [2.75, 3.05) is 6.54 Å². The van der Waals surface area contributed by atoms with Crippen LogP contribution in [0.4, 0.5) is 0 Å². The van der Waals surface area contributed by atoms with E-state index in [9.17, 15) is 9.59 Å². The van der Waals surface area contributed by atoms with Gasteiger partial charge in [0.2, 0.25) is 5.91 Å². The third kappa shape index (κ3) is 4.75. The Morgan fingerprint density at radius 1 is 1.29 bits per heavy atom. The first kappa shape index (κ1) is 14.0. The maximum atomic E-state index is 11.7. The number of carbonyl (C=O) groups is 2. The molecule has 0 heterocycles.